The quantitative estimate of drug-likeness (QED) is 0.605. The van der Waals surface area contributed by atoms with Crippen molar-refractivity contribution in [1.82, 2.24) is 25.3 Å². The minimum atomic E-state index is -4.68. The predicted molar refractivity (Wildman–Crippen MR) is 96.8 cm³/mol. The first-order valence-electron chi connectivity index (χ1n) is 8.97. The number of nitrogens with zero attached hydrogens (tertiary/aromatic N) is 4. The van der Waals surface area contributed by atoms with Gasteiger partial charge in [0.05, 0.1) is 12.7 Å². The fourth-order valence-electron chi connectivity index (χ4n) is 3.40. The smallest absolute Gasteiger partial charge is 0.345 e. The molecule has 3 aromatic heterocycles. The summed E-state index contributed by atoms with van der Waals surface area (Å²) in [6.45, 7) is -2.54. The zero-order chi connectivity index (χ0) is 22.4. The van der Waals surface area contributed by atoms with Crippen LogP contribution in [0.1, 0.15) is 6.42 Å². The molecular weight excluding hydrogens is 430 g/mol. The molecule has 1 amide bonds. The lowest BCUT2D eigenvalue weighted by Gasteiger charge is -2.24. The zero-order valence-electron chi connectivity index (χ0n) is 15.6. The summed E-state index contributed by atoms with van der Waals surface area (Å²) in [5.74, 6) is -5.13. The Hall–Kier alpha value is -3.38. The van der Waals surface area contributed by atoms with Gasteiger partial charge in [0.25, 0.3) is 5.92 Å². The van der Waals surface area contributed by atoms with Crippen LogP contribution in [0.15, 0.2) is 30.7 Å². The van der Waals surface area contributed by atoms with Gasteiger partial charge in [0.2, 0.25) is 5.91 Å². The van der Waals surface area contributed by atoms with Gasteiger partial charge in [-0.25, -0.2) is 28.1 Å². The first-order chi connectivity index (χ1) is 14.5. The third kappa shape index (κ3) is 4.39. The Balaban J connectivity index is 1.66. The summed E-state index contributed by atoms with van der Waals surface area (Å²) in [4.78, 5) is 28.1. The normalized spacial score (nSPS) is 18.5. The maximum Gasteiger partial charge on any atom is 0.405 e. The molecular formula is C18H14F6N6O. The molecule has 0 bridgehead atoms. The number of fused-ring (bicyclic) bond motifs is 1. The second-order valence-corrected chi connectivity index (χ2v) is 7.03. The van der Waals surface area contributed by atoms with E-state index in [1.165, 1.54) is 24.5 Å². The summed E-state index contributed by atoms with van der Waals surface area (Å²) in [6, 6.07) is 0.909. The number of carbonyl (C=O) groups is 1. The number of alkyl halides is 5. The van der Waals surface area contributed by atoms with Crippen molar-refractivity contribution in [1.29, 1.82) is 0 Å². The van der Waals surface area contributed by atoms with E-state index < -0.39 is 49.4 Å². The van der Waals surface area contributed by atoms with Crippen molar-refractivity contribution in [2.24, 2.45) is 0 Å². The van der Waals surface area contributed by atoms with Gasteiger partial charge in [-0.15, -0.1) is 0 Å². The molecule has 2 N–H and O–H groups in total. The fraction of sp³-hybridized carbons (Fsp3) is 0.333. The lowest BCUT2D eigenvalue weighted by molar-refractivity contribution is -0.139. The second kappa shape index (κ2) is 7.39. The third-order valence-electron chi connectivity index (χ3n) is 4.71. The Morgan fingerprint density at radius 1 is 1.32 bits per heavy atom. The molecule has 0 aromatic carbocycles. The van der Waals surface area contributed by atoms with Crippen molar-refractivity contribution >= 4 is 22.8 Å². The summed E-state index contributed by atoms with van der Waals surface area (Å²) in [7, 11) is 0. The van der Waals surface area contributed by atoms with E-state index in [0.717, 1.165) is 11.1 Å². The first kappa shape index (κ1) is 20.9. The van der Waals surface area contributed by atoms with Crippen molar-refractivity contribution < 1.29 is 31.1 Å². The highest BCUT2D eigenvalue weighted by Crippen LogP contribution is 2.36. The molecule has 0 saturated carbocycles. The number of amides is 1. The van der Waals surface area contributed by atoms with Gasteiger partial charge in [0, 0.05) is 29.8 Å². The monoisotopic (exact) mass is 444 g/mol. The molecule has 7 nitrogen and oxygen atoms in total. The van der Waals surface area contributed by atoms with Crippen LogP contribution in [0.5, 0.6) is 0 Å². The van der Waals surface area contributed by atoms with Crippen molar-refractivity contribution in [2.75, 3.05) is 18.0 Å². The SMILES string of the molecule is O=C(NCC(F)(F)F)[C@H]1CC(F)(F)CN1c1ccnc(-c2c[nH]c3ncc(F)cc23)n1. The van der Waals surface area contributed by atoms with Crippen LogP contribution in [0.3, 0.4) is 0 Å². The van der Waals surface area contributed by atoms with E-state index in [4.69, 9.17) is 0 Å². The molecule has 1 saturated heterocycles. The van der Waals surface area contributed by atoms with E-state index in [1.54, 1.807) is 5.32 Å². The Morgan fingerprint density at radius 2 is 2.10 bits per heavy atom. The minimum Gasteiger partial charge on any atom is -0.345 e. The molecule has 1 aliphatic heterocycles. The van der Waals surface area contributed by atoms with E-state index in [1.807, 2.05) is 0 Å². The van der Waals surface area contributed by atoms with Gasteiger partial charge in [-0.3, -0.25) is 4.79 Å². The molecule has 13 heteroatoms. The molecule has 0 spiro atoms. The van der Waals surface area contributed by atoms with Crippen LogP contribution in [0.25, 0.3) is 22.4 Å². The lowest BCUT2D eigenvalue weighted by Crippen LogP contribution is -2.46. The number of rotatable bonds is 4. The Kier molecular flexibility index (Phi) is 4.98. The number of carbonyl (C=O) groups excluding carboxylic acids is 1. The molecule has 1 fully saturated rings. The first-order valence-corrected chi connectivity index (χ1v) is 8.97. The number of halogens is 6. The highest BCUT2D eigenvalue weighted by Gasteiger charge is 2.49. The highest BCUT2D eigenvalue weighted by atomic mass is 19.4. The number of pyridine rings is 1. The van der Waals surface area contributed by atoms with E-state index in [0.29, 0.717) is 16.6 Å². The largest absolute Gasteiger partial charge is 0.405 e. The maximum absolute atomic E-state index is 14.0. The average molecular weight is 444 g/mol. The molecule has 164 valence electrons. The second-order valence-electron chi connectivity index (χ2n) is 7.03. The summed E-state index contributed by atoms with van der Waals surface area (Å²) in [6.07, 6.45) is -1.91. The van der Waals surface area contributed by atoms with Gasteiger partial charge in [-0.05, 0) is 12.1 Å². The number of hydrogen-bond acceptors (Lipinski definition) is 5. The molecule has 0 aliphatic carbocycles. The number of aromatic amines is 1. The Morgan fingerprint density at radius 3 is 2.84 bits per heavy atom. The highest BCUT2D eigenvalue weighted by molar-refractivity contribution is 5.92. The lowest BCUT2D eigenvalue weighted by atomic mass is 10.1. The number of H-pyrrole nitrogens is 1. The molecule has 4 heterocycles. The minimum absolute atomic E-state index is 0.0424. The van der Waals surface area contributed by atoms with Crippen molar-refractivity contribution in [3.8, 4) is 11.4 Å². The van der Waals surface area contributed by atoms with E-state index >= 15 is 0 Å². The zero-order valence-corrected chi connectivity index (χ0v) is 15.6. The summed E-state index contributed by atoms with van der Waals surface area (Å²) in [5, 5.41) is 1.99. The van der Waals surface area contributed by atoms with Crippen LogP contribution in [-0.4, -0.2) is 57.1 Å². The van der Waals surface area contributed by atoms with Crippen molar-refractivity contribution in [3.63, 3.8) is 0 Å². The summed E-state index contributed by atoms with van der Waals surface area (Å²) >= 11 is 0. The topological polar surface area (TPSA) is 86.8 Å². The van der Waals surface area contributed by atoms with Crippen LogP contribution in [0, 0.1) is 5.82 Å². The molecule has 3 aromatic rings. The standard InChI is InChI=1S/C18H14F6N6O/c19-9-3-10-11(6-27-14(10)26-5-9)15-25-2-1-13(29-15)30-8-17(20,21)4-12(30)16(31)28-7-18(22,23)24/h1-3,5-6,12H,4,7-8H2,(H,26,27)(H,28,31)/t12-/m1/s1. The van der Waals surface area contributed by atoms with Crippen molar-refractivity contribution in [3.05, 3.63) is 36.5 Å². The average Bonchev–Trinajstić information content (AvgIpc) is 3.25. The van der Waals surface area contributed by atoms with E-state index in [9.17, 15) is 31.1 Å². The van der Waals surface area contributed by atoms with Crippen LogP contribution in [0.4, 0.5) is 32.2 Å². The Labute approximate surface area is 170 Å². The molecule has 0 unspecified atom stereocenters. The number of hydrogen-bond donors (Lipinski definition) is 2. The van der Waals surface area contributed by atoms with Crippen LogP contribution < -0.4 is 10.2 Å². The van der Waals surface area contributed by atoms with Gasteiger partial charge in [0.15, 0.2) is 5.82 Å². The van der Waals surface area contributed by atoms with Gasteiger partial charge >= 0.3 is 6.18 Å². The van der Waals surface area contributed by atoms with Gasteiger partial charge < -0.3 is 15.2 Å². The number of aromatic nitrogens is 4. The third-order valence-corrected chi connectivity index (χ3v) is 4.71. The van der Waals surface area contributed by atoms with Crippen molar-refractivity contribution in [2.45, 2.75) is 24.6 Å². The van der Waals surface area contributed by atoms with Gasteiger partial charge in [0.1, 0.15) is 29.9 Å². The Bertz CT molecular complexity index is 1130. The predicted octanol–water partition coefficient (Wildman–Crippen LogP) is 3.05. The van der Waals surface area contributed by atoms with Gasteiger partial charge in [-0.1, -0.05) is 0 Å². The van der Waals surface area contributed by atoms with Crippen LogP contribution in [-0.2, 0) is 4.79 Å². The number of nitrogens with one attached hydrogen (secondary N) is 2. The summed E-state index contributed by atoms with van der Waals surface area (Å²) in [5.41, 5.74) is 0.690. The fourth-order valence-corrected chi connectivity index (χ4v) is 3.40. The van der Waals surface area contributed by atoms with Gasteiger partial charge in [-0.2, -0.15) is 13.2 Å². The summed E-state index contributed by atoms with van der Waals surface area (Å²) < 4.78 is 78.9. The van der Waals surface area contributed by atoms with E-state index in [2.05, 4.69) is 19.9 Å². The molecule has 0 radical (unpaired) electrons. The molecule has 1 aliphatic rings. The van der Waals surface area contributed by atoms with E-state index in [-0.39, 0.29) is 11.6 Å². The van der Waals surface area contributed by atoms with Crippen LogP contribution >= 0.6 is 0 Å². The molecule has 4 rings (SSSR count). The molecule has 1 atom stereocenters. The number of anilines is 1. The molecule has 31 heavy (non-hydrogen) atoms. The maximum atomic E-state index is 14.0. The van der Waals surface area contributed by atoms with Crippen LogP contribution in [0.2, 0.25) is 0 Å².